The molecule has 0 unspecified atom stereocenters. The van der Waals surface area contributed by atoms with Gasteiger partial charge in [-0.25, -0.2) is 4.98 Å². The number of hydrogen-bond acceptors (Lipinski definition) is 6. The highest BCUT2D eigenvalue weighted by Gasteiger charge is 2.17. The van der Waals surface area contributed by atoms with Gasteiger partial charge in [-0.2, -0.15) is 4.98 Å². The molecule has 2 aromatic rings. The molecule has 1 aromatic carbocycles. The zero-order valence-corrected chi connectivity index (χ0v) is 8.68. The largest absolute Gasteiger partial charge is 0.488 e. The topological polar surface area (TPSA) is 118 Å². The minimum Gasteiger partial charge on any atom is -0.423 e. The predicted octanol–water partition coefficient (Wildman–Crippen LogP) is -1.22. The molecule has 0 saturated carbocycles. The fourth-order valence-corrected chi connectivity index (χ4v) is 1.74. The van der Waals surface area contributed by atoms with Crippen molar-refractivity contribution in [1.29, 1.82) is 0 Å². The highest BCUT2D eigenvalue weighted by molar-refractivity contribution is 6.59. The number of nitrogens with zero attached hydrogens (tertiary/aromatic N) is 2. The average molecular weight is 218 g/mol. The van der Waals surface area contributed by atoms with Crippen LogP contribution in [-0.4, -0.2) is 27.1 Å². The molecule has 0 fully saturated rings. The van der Waals surface area contributed by atoms with E-state index in [9.17, 15) is 0 Å². The summed E-state index contributed by atoms with van der Waals surface area (Å²) in [6, 6.07) is 3.21. The molecule has 0 aliphatic heterocycles. The molecule has 0 aliphatic rings. The van der Waals surface area contributed by atoms with E-state index in [2.05, 4.69) is 9.97 Å². The summed E-state index contributed by atoms with van der Waals surface area (Å²) in [6.07, 6.45) is 0. The van der Waals surface area contributed by atoms with Crippen molar-refractivity contribution in [2.75, 3.05) is 11.5 Å². The molecular formula is C9H11BN4O2. The van der Waals surface area contributed by atoms with Gasteiger partial charge in [-0.15, -0.1) is 0 Å². The van der Waals surface area contributed by atoms with Crippen molar-refractivity contribution >= 4 is 35.3 Å². The van der Waals surface area contributed by atoms with Gasteiger partial charge in [-0.1, -0.05) is 6.07 Å². The van der Waals surface area contributed by atoms with E-state index in [0.29, 0.717) is 21.9 Å². The summed E-state index contributed by atoms with van der Waals surface area (Å²) >= 11 is 0. The lowest BCUT2D eigenvalue weighted by atomic mass is 9.76. The predicted molar refractivity (Wildman–Crippen MR) is 62.9 cm³/mol. The van der Waals surface area contributed by atoms with Crippen LogP contribution in [0.2, 0.25) is 0 Å². The van der Waals surface area contributed by atoms with E-state index in [0.717, 1.165) is 0 Å². The van der Waals surface area contributed by atoms with Gasteiger partial charge < -0.3 is 21.5 Å². The summed E-state index contributed by atoms with van der Waals surface area (Å²) in [5.41, 5.74) is 12.8. The molecule has 0 spiro atoms. The van der Waals surface area contributed by atoms with E-state index in [1.165, 1.54) is 0 Å². The molecule has 0 amide bonds. The van der Waals surface area contributed by atoms with E-state index in [4.69, 9.17) is 21.5 Å². The molecule has 6 N–H and O–H groups in total. The fraction of sp³-hybridized carbons (Fsp3) is 0.111. The first-order valence-electron chi connectivity index (χ1n) is 4.69. The first-order valence-corrected chi connectivity index (χ1v) is 4.69. The van der Waals surface area contributed by atoms with Crippen molar-refractivity contribution in [3.05, 3.63) is 17.7 Å². The van der Waals surface area contributed by atoms with Crippen LogP contribution in [0, 0.1) is 6.92 Å². The van der Waals surface area contributed by atoms with Crippen LogP contribution in [0.15, 0.2) is 12.1 Å². The number of nitrogen functional groups attached to an aromatic ring is 2. The van der Waals surface area contributed by atoms with Gasteiger partial charge in [-0.05, 0) is 24.0 Å². The van der Waals surface area contributed by atoms with E-state index in [-0.39, 0.29) is 11.8 Å². The molecule has 0 radical (unpaired) electrons. The van der Waals surface area contributed by atoms with Crippen molar-refractivity contribution in [2.45, 2.75) is 6.92 Å². The van der Waals surface area contributed by atoms with Crippen molar-refractivity contribution in [2.24, 2.45) is 0 Å². The minimum atomic E-state index is -1.54. The Bertz CT molecular complexity index is 559. The molecule has 1 aromatic heterocycles. The third kappa shape index (κ3) is 1.56. The number of aromatic nitrogens is 2. The van der Waals surface area contributed by atoms with Gasteiger partial charge in [0, 0.05) is 5.39 Å². The molecule has 7 heteroatoms. The molecule has 0 bridgehead atoms. The van der Waals surface area contributed by atoms with E-state index < -0.39 is 7.12 Å². The number of hydrogen-bond donors (Lipinski definition) is 4. The molecule has 16 heavy (non-hydrogen) atoms. The summed E-state index contributed by atoms with van der Waals surface area (Å²) in [6.45, 7) is 1.73. The van der Waals surface area contributed by atoms with Crippen LogP contribution >= 0.6 is 0 Å². The Kier molecular flexibility index (Phi) is 2.41. The van der Waals surface area contributed by atoms with Crippen LogP contribution in [-0.2, 0) is 0 Å². The smallest absolute Gasteiger partial charge is 0.423 e. The Morgan fingerprint density at radius 2 is 1.88 bits per heavy atom. The molecule has 1 heterocycles. The van der Waals surface area contributed by atoms with Gasteiger partial charge in [0.05, 0.1) is 5.52 Å². The summed E-state index contributed by atoms with van der Waals surface area (Å²) in [5.74, 6) is 0.337. The minimum absolute atomic E-state index is 0.0988. The van der Waals surface area contributed by atoms with Crippen molar-refractivity contribution < 1.29 is 10.0 Å². The second kappa shape index (κ2) is 3.62. The molecular weight excluding hydrogens is 207 g/mol. The van der Waals surface area contributed by atoms with Crippen molar-refractivity contribution in [1.82, 2.24) is 9.97 Å². The Morgan fingerprint density at radius 3 is 2.50 bits per heavy atom. The van der Waals surface area contributed by atoms with Crippen molar-refractivity contribution in [3.63, 3.8) is 0 Å². The van der Waals surface area contributed by atoms with Gasteiger partial charge in [0.2, 0.25) is 5.95 Å². The van der Waals surface area contributed by atoms with Gasteiger partial charge in [-0.3, -0.25) is 0 Å². The lowest BCUT2D eigenvalue weighted by Gasteiger charge is -2.09. The first kappa shape index (κ1) is 10.7. The summed E-state index contributed by atoms with van der Waals surface area (Å²) < 4.78 is 0. The molecule has 0 aliphatic carbocycles. The monoisotopic (exact) mass is 218 g/mol. The molecule has 2 rings (SSSR count). The number of benzene rings is 1. The SMILES string of the molecule is Cc1c(B(O)O)ccc2nc(N)nc(N)c12. The number of rotatable bonds is 1. The van der Waals surface area contributed by atoms with Crippen LogP contribution in [0.1, 0.15) is 5.56 Å². The Balaban J connectivity index is 2.84. The Morgan fingerprint density at radius 1 is 1.19 bits per heavy atom. The van der Waals surface area contributed by atoms with Crippen LogP contribution in [0.5, 0.6) is 0 Å². The highest BCUT2D eigenvalue weighted by atomic mass is 16.4. The van der Waals surface area contributed by atoms with Crippen LogP contribution in [0.25, 0.3) is 10.9 Å². The Labute approximate surface area is 92.1 Å². The summed E-state index contributed by atoms with van der Waals surface area (Å²) in [4.78, 5) is 7.87. The van der Waals surface area contributed by atoms with Gasteiger partial charge in [0.15, 0.2) is 0 Å². The van der Waals surface area contributed by atoms with Crippen LogP contribution < -0.4 is 16.9 Å². The van der Waals surface area contributed by atoms with Gasteiger partial charge in [0.1, 0.15) is 5.82 Å². The Hall–Kier alpha value is -1.86. The third-order valence-corrected chi connectivity index (χ3v) is 2.49. The van der Waals surface area contributed by atoms with E-state index in [1.54, 1.807) is 19.1 Å². The van der Waals surface area contributed by atoms with Gasteiger partial charge in [0.25, 0.3) is 0 Å². The molecule has 0 saturated heterocycles. The lowest BCUT2D eigenvalue weighted by Crippen LogP contribution is -2.32. The molecule has 6 nitrogen and oxygen atoms in total. The maximum Gasteiger partial charge on any atom is 0.488 e. The maximum atomic E-state index is 9.16. The maximum absolute atomic E-state index is 9.16. The first-order chi connectivity index (χ1) is 7.50. The zero-order valence-electron chi connectivity index (χ0n) is 8.68. The second-order valence-electron chi connectivity index (χ2n) is 3.51. The number of nitrogens with two attached hydrogens (primary N) is 2. The third-order valence-electron chi connectivity index (χ3n) is 2.49. The fourth-order valence-electron chi connectivity index (χ4n) is 1.74. The quantitative estimate of drug-likeness (QED) is 0.445. The molecule has 0 atom stereocenters. The van der Waals surface area contributed by atoms with E-state index >= 15 is 0 Å². The number of aryl methyl sites for hydroxylation is 1. The summed E-state index contributed by atoms with van der Waals surface area (Å²) in [5, 5.41) is 18.9. The molecule has 82 valence electrons. The lowest BCUT2D eigenvalue weighted by molar-refractivity contribution is 0.425. The van der Waals surface area contributed by atoms with Crippen LogP contribution in [0.4, 0.5) is 11.8 Å². The van der Waals surface area contributed by atoms with Crippen molar-refractivity contribution in [3.8, 4) is 0 Å². The van der Waals surface area contributed by atoms with Crippen LogP contribution in [0.3, 0.4) is 0 Å². The van der Waals surface area contributed by atoms with Gasteiger partial charge >= 0.3 is 7.12 Å². The standard InChI is InChI=1S/C9H11BN4O2/c1-4-5(10(15)16)2-3-6-7(4)8(11)14-9(12)13-6/h2-3,15-16H,1H3,(H4,11,12,13,14). The highest BCUT2D eigenvalue weighted by Crippen LogP contribution is 2.21. The summed E-state index contributed by atoms with van der Waals surface area (Å²) in [7, 11) is -1.54. The second-order valence-corrected chi connectivity index (χ2v) is 3.51. The number of fused-ring (bicyclic) bond motifs is 1. The number of anilines is 2. The zero-order chi connectivity index (χ0) is 11.9. The van der Waals surface area contributed by atoms with E-state index in [1.807, 2.05) is 0 Å². The average Bonchev–Trinajstić information content (AvgIpc) is 2.15. The normalized spacial score (nSPS) is 10.7.